The summed E-state index contributed by atoms with van der Waals surface area (Å²) in [7, 11) is 1.42. The lowest BCUT2D eigenvalue weighted by molar-refractivity contribution is -0.143. The van der Waals surface area contributed by atoms with Gasteiger partial charge in [0.1, 0.15) is 0 Å². The van der Waals surface area contributed by atoms with Crippen LogP contribution in [0.1, 0.15) is 67.1 Å². The van der Waals surface area contributed by atoms with Crippen molar-refractivity contribution in [3.63, 3.8) is 0 Å². The van der Waals surface area contributed by atoms with Crippen molar-refractivity contribution in [1.82, 2.24) is 14.7 Å². The van der Waals surface area contributed by atoms with Crippen molar-refractivity contribution in [2.24, 2.45) is 17.3 Å². The number of urea groups is 1. The quantitative estimate of drug-likeness (QED) is 0.359. The number of fused-ring (bicyclic) bond motifs is 1. The average Bonchev–Trinajstić information content (AvgIpc) is 3.32. The topological polar surface area (TPSA) is 47.0 Å². The van der Waals surface area contributed by atoms with Crippen molar-refractivity contribution in [3.05, 3.63) is 70.3 Å². The number of carbonyl (C=O) groups is 1. The molecule has 0 radical (unpaired) electrons. The first-order valence-electron chi connectivity index (χ1n) is 14.1. The molecule has 1 N–H and O–H groups in total. The second-order valence-electron chi connectivity index (χ2n) is 12.6. The molecule has 232 valence electrons. The number of benzene rings is 2. The van der Waals surface area contributed by atoms with E-state index < -0.39 is 35.6 Å². The van der Waals surface area contributed by atoms with Crippen molar-refractivity contribution >= 4 is 6.03 Å². The van der Waals surface area contributed by atoms with Gasteiger partial charge in [-0.25, -0.2) is 4.79 Å². The molecule has 2 amide bonds. The maximum atomic E-state index is 14.1. The highest BCUT2D eigenvalue weighted by Gasteiger charge is 2.47. The largest absolute Gasteiger partial charge is 0.416 e. The smallest absolute Gasteiger partial charge is 0.396 e. The molecule has 0 spiro atoms. The van der Waals surface area contributed by atoms with E-state index in [0.717, 1.165) is 24.1 Å². The zero-order valence-corrected chi connectivity index (χ0v) is 24.6. The summed E-state index contributed by atoms with van der Waals surface area (Å²) in [5, 5.41) is 9.81. The molecule has 2 saturated heterocycles. The van der Waals surface area contributed by atoms with Gasteiger partial charge >= 0.3 is 18.4 Å². The Bertz CT molecular complexity index is 1250. The predicted octanol–water partition coefficient (Wildman–Crippen LogP) is 7.16. The van der Waals surface area contributed by atoms with Gasteiger partial charge in [0.2, 0.25) is 0 Å². The highest BCUT2D eigenvalue weighted by atomic mass is 19.4. The highest BCUT2D eigenvalue weighted by molar-refractivity contribution is 5.75. The highest BCUT2D eigenvalue weighted by Crippen LogP contribution is 2.46. The number of hydrogen-bond donors (Lipinski definition) is 1. The van der Waals surface area contributed by atoms with E-state index in [1.165, 1.54) is 18.9 Å². The van der Waals surface area contributed by atoms with Gasteiger partial charge in [-0.3, -0.25) is 0 Å². The average molecular weight is 600 g/mol. The fraction of sp³-hybridized carbons (Fsp3) is 0.581. The van der Waals surface area contributed by atoms with Crippen molar-refractivity contribution in [1.29, 1.82) is 0 Å². The van der Waals surface area contributed by atoms with Crippen LogP contribution in [0.2, 0.25) is 0 Å². The minimum absolute atomic E-state index is 0.0406. The Morgan fingerprint density at radius 1 is 1.02 bits per heavy atom. The van der Waals surface area contributed by atoms with Crippen LogP contribution in [-0.2, 0) is 12.4 Å². The van der Waals surface area contributed by atoms with Crippen molar-refractivity contribution in [2.75, 3.05) is 39.8 Å². The Hall–Kier alpha value is -2.79. The van der Waals surface area contributed by atoms with E-state index in [-0.39, 0.29) is 35.6 Å². The zero-order chi connectivity index (χ0) is 31.2. The SMILES string of the molecule is Cc1ccccc1C1[C@@H]2CN(CC(C)(C)CO)CC2CCN1C(=O)N(C)C(C)c1cc(C(F)(F)F)cc(C(F)(F)F)c1. The first-order valence-corrected chi connectivity index (χ1v) is 14.1. The molecule has 2 fully saturated rings. The molecule has 42 heavy (non-hydrogen) atoms. The van der Waals surface area contributed by atoms with Crippen LogP contribution in [0.3, 0.4) is 0 Å². The van der Waals surface area contributed by atoms with Gasteiger partial charge in [0, 0.05) is 51.2 Å². The van der Waals surface area contributed by atoms with Crippen molar-refractivity contribution in [3.8, 4) is 0 Å². The molecular weight excluding hydrogens is 560 g/mol. The number of aliphatic hydroxyl groups excluding tert-OH is 1. The molecular formula is C31H39F6N3O2. The summed E-state index contributed by atoms with van der Waals surface area (Å²) in [6.45, 7) is 10.1. The van der Waals surface area contributed by atoms with Crippen LogP contribution in [0.15, 0.2) is 42.5 Å². The van der Waals surface area contributed by atoms with Gasteiger partial charge in [-0.2, -0.15) is 26.3 Å². The number of likely N-dealkylation sites (tertiary alicyclic amines) is 2. The minimum Gasteiger partial charge on any atom is -0.396 e. The van der Waals surface area contributed by atoms with Gasteiger partial charge in [-0.15, -0.1) is 0 Å². The van der Waals surface area contributed by atoms with Gasteiger partial charge in [0.05, 0.1) is 23.2 Å². The number of nitrogens with zero attached hydrogens (tertiary/aromatic N) is 3. The lowest BCUT2D eigenvalue weighted by Crippen LogP contribution is -2.51. The van der Waals surface area contributed by atoms with E-state index in [4.69, 9.17) is 0 Å². The van der Waals surface area contributed by atoms with Crippen LogP contribution in [0.25, 0.3) is 0 Å². The number of hydrogen-bond acceptors (Lipinski definition) is 3. The second-order valence-corrected chi connectivity index (χ2v) is 12.6. The summed E-state index contributed by atoms with van der Waals surface area (Å²) in [6, 6.07) is 7.42. The molecule has 0 aliphatic carbocycles. The molecule has 3 unspecified atom stereocenters. The van der Waals surface area contributed by atoms with E-state index in [1.807, 2.05) is 45.0 Å². The Balaban J connectivity index is 1.67. The summed E-state index contributed by atoms with van der Waals surface area (Å²) in [6.07, 6.45) is -9.23. The monoisotopic (exact) mass is 599 g/mol. The zero-order valence-electron chi connectivity index (χ0n) is 24.6. The third-order valence-corrected chi connectivity index (χ3v) is 8.86. The number of rotatable bonds is 6. The third-order valence-electron chi connectivity index (χ3n) is 8.86. The van der Waals surface area contributed by atoms with Crippen LogP contribution in [0.5, 0.6) is 0 Å². The lowest BCUT2D eigenvalue weighted by atomic mass is 9.78. The lowest BCUT2D eigenvalue weighted by Gasteiger charge is -2.45. The van der Waals surface area contributed by atoms with E-state index in [2.05, 4.69) is 4.90 Å². The van der Waals surface area contributed by atoms with E-state index in [9.17, 15) is 36.2 Å². The first kappa shape index (κ1) is 32.1. The molecule has 4 atom stereocenters. The van der Waals surface area contributed by atoms with Crippen molar-refractivity contribution < 1.29 is 36.2 Å². The standard InChI is InChI=1S/C31H39F6N3O2/c1-19-8-6-7-9-25(19)27-26-16-39(17-29(3,4)18-41)15-21(26)10-11-40(27)28(42)38(5)20(2)22-12-23(30(32,33)34)14-24(13-22)31(35,36)37/h6-9,12-14,20-21,26-27,41H,10-11,15-18H2,1-5H3/t20?,21?,26-,27?/m1/s1. The number of aryl methyl sites for hydroxylation is 1. The number of carbonyl (C=O) groups excluding carboxylic acids is 1. The van der Waals surface area contributed by atoms with Crippen LogP contribution in [0, 0.1) is 24.2 Å². The molecule has 11 heteroatoms. The molecule has 5 nitrogen and oxygen atoms in total. The van der Waals surface area contributed by atoms with Crippen LogP contribution < -0.4 is 0 Å². The van der Waals surface area contributed by atoms with E-state index in [0.29, 0.717) is 37.7 Å². The second kappa shape index (κ2) is 11.7. The molecule has 2 aliphatic rings. The van der Waals surface area contributed by atoms with Crippen LogP contribution in [0.4, 0.5) is 31.1 Å². The molecule has 2 aromatic carbocycles. The summed E-state index contributed by atoms with van der Waals surface area (Å²) < 4.78 is 81.2. The molecule has 2 aliphatic heterocycles. The van der Waals surface area contributed by atoms with E-state index in [1.54, 1.807) is 4.90 Å². The van der Waals surface area contributed by atoms with Crippen LogP contribution in [-0.4, -0.2) is 65.7 Å². The van der Waals surface area contributed by atoms with Crippen LogP contribution >= 0.6 is 0 Å². The molecule has 0 aromatic heterocycles. The number of amides is 2. The maximum Gasteiger partial charge on any atom is 0.416 e. The van der Waals surface area contributed by atoms with Gasteiger partial charge in [-0.05, 0) is 61.1 Å². The van der Waals surface area contributed by atoms with Gasteiger partial charge in [0.15, 0.2) is 0 Å². The number of halogens is 6. The number of aliphatic hydroxyl groups is 1. The summed E-state index contributed by atoms with van der Waals surface area (Å²) in [5.41, 5.74) is -1.38. The minimum atomic E-state index is -4.98. The normalized spacial score (nSPS) is 22.7. The Morgan fingerprint density at radius 2 is 1.62 bits per heavy atom. The summed E-state index contributed by atoms with van der Waals surface area (Å²) in [4.78, 5) is 19.4. The maximum absolute atomic E-state index is 14.1. The first-order chi connectivity index (χ1) is 19.4. The Labute approximate surface area is 243 Å². The Kier molecular flexibility index (Phi) is 8.96. The molecule has 2 heterocycles. The fourth-order valence-electron chi connectivity index (χ4n) is 6.46. The molecule has 0 saturated carbocycles. The molecule has 4 rings (SSSR count). The van der Waals surface area contributed by atoms with Crippen molar-refractivity contribution in [2.45, 2.75) is 58.6 Å². The summed E-state index contributed by atoms with van der Waals surface area (Å²) >= 11 is 0. The summed E-state index contributed by atoms with van der Waals surface area (Å²) in [5.74, 6) is 0.376. The van der Waals surface area contributed by atoms with Gasteiger partial charge in [-0.1, -0.05) is 38.1 Å². The third kappa shape index (κ3) is 6.72. The Morgan fingerprint density at radius 3 is 2.17 bits per heavy atom. The predicted molar refractivity (Wildman–Crippen MR) is 148 cm³/mol. The van der Waals surface area contributed by atoms with E-state index >= 15 is 0 Å². The number of piperidine rings is 1. The molecule has 0 bridgehead atoms. The van der Waals surface area contributed by atoms with Gasteiger partial charge < -0.3 is 19.8 Å². The fourth-order valence-corrected chi connectivity index (χ4v) is 6.46. The number of alkyl halides is 6. The van der Waals surface area contributed by atoms with Gasteiger partial charge in [0.25, 0.3) is 0 Å². The molecule has 2 aromatic rings.